The Kier molecular flexibility index (Phi) is 7.71. The molecule has 2 aromatic carbocycles. The molecule has 0 aliphatic carbocycles. The van der Waals surface area contributed by atoms with E-state index in [1.807, 2.05) is 19.1 Å². The smallest absolute Gasteiger partial charge is 0.271 e. The maximum Gasteiger partial charge on any atom is 0.271 e. The summed E-state index contributed by atoms with van der Waals surface area (Å²) in [5, 5.41) is 4.00. The topological polar surface area (TPSA) is 69.2 Å². The molecule has 7 heteroatoms. The number of nitrogens with zero attached hydrogens (tertiary/aromatic N) is 1. The molecule has 0 atom stereocenters. The van der Waals surface area contributed by atoms with E-state index in [2.05, 4.69) is 32.4 Å². The first-order chi connectivity index (χ1) is 13.1. The van der Waals surface area contributed by atoms with Crippen LogP contribution in [0.4, 0.5) is 0 Å². The van der Waals surface area contributed by atoms with Crippen LogP contribution in [0.2, 0.25) is 0 Å². The maximum absolute atomic E-state index is 12.3. The first-order valence-electron chi connectivity index (χ1n) is 8.09. The van der Waals surface area contributed by atoms with Crippen molar-refractivity contribution in [2.75, 3.05) is 20.3 Å². The molecule has 1 amide bonds. The third-order valence-corrected chi connectivity index (χ3v) is 3.87. The lowest BCUT2D eigenvalue weighted by Gasteiger charge is -2.10. The lowest BCUT2D eigenvalue weighted by molar-refractivity contribution is 0.0954. The van der Waals surface area contributed by atoms with Crippen LogP contribution in [0.15, 0.2) is 46.0 Å². The second-order valence-electron chi connectivity index (χ2n) is 5.17. The number of nitrogens with one attached hydrogen (secondary N) is 1. The second-order valence-corrected chi connectivity index (χ2v) is 6.09. The van der Waals surface area contributed by atoms with Crippen molar-refractivity contribution < 1.29 is 19.0 Å². The van der Waals surface area contributed by atoms with Gasteiger partial charge in [-0.25, -0.2) is 5.43 Å². The van der Waals surface area contributed by atoms with Crippen LogP contribution in [-0.2, 0) is 0 Å². The standard InChI is InChI=1S/C20H19BrN2O4/c1-4-10-27-17-9-7-16(21)11-15(17)13-22-23-20(24)14-6-8-18(25-3)19(12-14)26-5-2/h1,6-9,11-13H,5,10H2,2-3H3,(H,23,24)/b22-13+. The van der Waals surface area contributed by atoms with Crippen LogP contribution in [0.3, 0.4) is 0 Å². The number of carbonyl (C=O) groups excluding carboxylic acids is 1. The first-order valence-corrected chi connectivity index (χ1v) is 8.88. The fourth-order valence-electron chi connectivity index (χ4n) is 2.18. The second kappa shape index (κ2) is 10.2. The zero-order valence-electron chi connectivity index (χ0n) is 15.0. The fraction of sp³-hybridized carbons (Fsp3) is 0.200. The monoisotopic (exact) mass is 430 g/mol. The number of methoxy groups -OCH3 is 1. The molecule has 0 fully saturated rings. The molecule has 0 bridgehead atoms. The average molecular weight is 431 g/mol. The fourth-order valence-corrected chi connectivity index (χ4v) is 2.56. The van der Waals surface area contributed by atoms with Gasteiger partial charge in [0, 0.05) is 15.6 Å². The van der Waals surface area contributed by atoms with Crippen LogP contribution in [0.25, 0.3) is 0 Å². The number of hydrogen-bond donors (Lipinski definition) is 1. The Morgan fingerprint density at radius 3 is 2.70 bits per heavy atom. The summed E-state index contributed by atoms with van der Waals surface area (Å²) in [5.74, 6) is 3.65. The van der Waals surface area contributed by atoms with E-state index in [0.717, 1.165) is 4.47 Å². The van der Waals surface area contributed by atoms with E-state index < -0.39 is 0 Å². The Morgan fingerprint density at radius 1 is 1.22 bits per heavy atom. The van der Waals surface area contributed by atoms with Crippen LogP contribution >= 0.6 is 15.9 Å². The summed E-state index contributed by atoms with van der Waals surface area (Å²) >= 11 is 3.39. The molecule has 0 aliphatic rings. The number of amides is 1. The number of hydrogen-bond acceptors (Lipinski definition) is 5. The molecule has 0 aromatic heterocycles. The van der Waals surface area contributed by atoms with Gasteiger partial charge >= 0.3 is 0 Å². The van der Waals surface area contributed by atoms with Crippen molar-refractivity contribution in [1.29, 1.82) is 0 Å². The van der Waals surface area contributed by atoms with Gasteiger partial charge < -0.3 is 14.2 Å². The minimum absolute atomic E-state index is 0.140. The van der Waals surface area contributed by atoms with Gasteiger partial charge in [0.15, 0.2) is 11.5 Å². The Bertz CT molecular complexity index is 875. The van der Waals surface area contributed by atoms with Crippen molar-refractivity contribution in [3.63, 3.8) is 0 Å². The van der Waals surface area contributed by atoms with Gasteiger partial charge in [-0.1, -0.05) is 21.9 Å². The maximum atomic E-state index is 12.3. The molecule has 0 unspecified atom stereocenters. The summed E-state index contributed by atoms with van der Waals surface area (Å²) in [6.45, 7) is 2.46. The van der Waals surface area contributed by atoms with E-state index in [9.17, 15) is 4.79 Å². The van der Waals surface area contributed by atoms with Crippen LogP contribution in [0, 0.1) is 12.3 Å². The van der Waals surface area contributed by atoms with E-state index in [1.54, 1.807) is 31.4 Å². The summed E-state index contributed by atoms with van der Waals surface area (Å²) < 4.78 is 17.0. The molecule has 0 heterocycles. The Morgan fingerprint density at radius 2 is 2.00 bits per heavy atom. The van der Waals surface area contributed by atoms with Crippen molar-refractivity contribution in [3.8, 4) is 29.6 Å². The highest BCUT2D eigenvalue weighted by Crippen LogP contribution is 2.28. The lowest BCUT2D eigenvalue weighted by Crippen LogP contribution is -2.17. The first kappa shape index (κ1) is 20.3. The highest BCUT2D eigenvalue weighted by atomic mass is 79.9. The van der Waals surface area contributed by atoms with Crippen LogP contribution in [0.5, 0.6) is 17.2 Å². The Hall–Kier alpha value is -2.98. The van der Waals surface area contributed by atoms with Crippen molar-refractivity contribution >= 4 is 28.1 Å². The van der Waals surface area contributed by atoms with E-state index in [1.165, 1.54) is 6.21 Å². The highest BCUT2D eigenvalue weighted by Gasteiger charge is 2.10. The van der Waals surface area contributed by atoms with Gasteiger partial charge in [0.1, 0.15) is 12.4 Å². The summed E-state index contributed by atoms with van der Waals surface area (Å²) in [6.07, 6.45) is 6.71. The minimum Gasteiger partial charge on any atom is -0.493 e. The van der Waals surface area contributed by atoms with Crippen molar-refractivity contribution in [2.45, 2.75) is 6.92 Å². The summed E-state index contributed by atoms with van der Waals surface area (Å²) in [4.78, 5) is 12.3. The molecule has 140 valence electrons. The molecule has 0 spiro atoms. The van der Waals surface area contributed by atoms with Crippen LogP contribution in [-0.4, -0.2) is 32.4 Å². The molecule has 0 radical (unpaired) electrons. The zero-order valence-corrected chi connectivity index (χ0v) is 16.6. The normalized spacial score (nSPS) is 10.3. The Labute approximate surface area is 166 Å². The molecule has 2 aromatic rings. The zero-order chi connectivity index (χ0) is 19.6. The van der Waals surface area contributed by atoms with Gasteiger partial charge in [-0.05, 0) is 43.3 Å². The van der Waals surface area contributed by atoms with Gasteiger partial charge in [0.25, 0.3) is 5.91 Å². The van der Waals surface area contributed by atoms with Crippen LogP contribution in [0.1, 0.15) is 22.8 Å². The molecule has 27 heavy (non-hydrogen) atoms. The summed E-state index contributed by atoms with van der Waals surface area (Å²) in [5.41, 5.74) is 3.55. The third kappa shape index (κ3) is 5.76. The number of halogens is 1. The molecular formula is C20H19BrN2O4. The number of hydrazone groups is 1. The van der Waals surface area contributed by atoms with E-state index in [-0.39, 0.29) is 12.5 Å². The lowest BCUT2D eigenvalue weighted by atomic mass is 10.2. The molecule has 0 aliphatic heterocycles. The van der Waals surface area contributed by atoms with Crippen molar-refractivity contribution in [2.24, 2.45) is 5.10 Å². The van der Waals surface area contributed by atoms with E-state index in [0.29, 0.717) is 35.0 Å². The SMILES string of the molecule is C#CCOc1ccc(Br)cc1/C=N/NC(=O)c1ccc(OC)c(OCC)c1. The van der Waals surface area contributed by atoms with E-state index >= 15 is 0 Å². The van der Waals surface area contributed by atoms with Crippen molar-refractivity contribution in [3.05, 3.63) is 52.0 Å². The number of benzene rings is 2. The van der Waals surface area contributed by atoms with E-state index in [4.69, 9.17) is 20.6 Å². The predicted octanol–water partition coefficient (Wildman–Crippen LogP) is 3.63. The highest BCUT2D eigenvalue weighted by molar-refractivity contribution is 9.10. The van der Waals surface area contributed by atoms with Gasteiger partial charge in [0.05, 0.1) is 19.9 Å². The molecule has 1 N–H and O–H groups in total. The Balaban J connectivity index is 2.12. The molecule has 6 nitrogen and oxygen atoms in total. The number of ether oxygens (including phenoxy) is 3. The molecule has 0 saturated heterocycles. The van der Waals surface area contributed by atoms with Crippen molar-refractivity contribution in [1.82, 2.24) is 5.43 Å². The van der Waals surface area contributed by atoms with Gasteiger partial charge in [-0.15, -0.1) is 6.42 Å². The van der Waals surface area contributed by atoms with Gasteiger partial charge in [-0.2, -0.15) is 5.10 Å². The minimum atomic E-state index is -0.379. The largest absolute Gasteiger partial charge is 0.493 e. The third-order valence-electron chi connectivity index (χ3n) is 3.38. The summed E-state index contributed by atoms with van der Waals surface area (Å²) in [7, 11) is 1.54. The molecular weight excluding hydrogens is 412 g/mol. The predicted molar refractivity (Wildman–Crippen MR) is 108 cm³/mol. The van der Waals surface area contributed by atoms with Gasteiger partial charge in [0.2, 0.25) is 0 Å². The van der Waals surface area contributed by atoms with Gasteiger partial charge in [-0.3, -0.25) is 4.79 Å². The number of carbonyl (C=O) groups is 1. The number of terminal acetylenes is 1. The summed E-state index contributed by atoms with van der Waals surface area (Å²) in [6, 6.07) is 10.3. The molecule has 2 rings (SSSR count). The van der Waals surface area contributed by atoms with Crippen LogP contribution < -0.4 is 19.6 Å². The quantitative estimate of drug-likeness (QED) is 0.394. The molecule has 0 saturated carbocycles. The average Bonchev–Trinajstić information content (AvgIpc) is 2.67. The number of rotatable bonds is 8.